The zero-order valence-corrected chi connectivity index (χ0v) is 16.5. The van der Waals surface area contributed by atoms with E-state index < -0.39 is 45.7 Å². The Balaban J connectivity index is 2.33. The molecule has 0 saturated heterocycles. The van der Waals surface area contributed by atoms with Crippen LogP contribution in [0.5, 0.6) is 0 Å². The first-order valence-electron chi connectivity index (χ1n) is 8.69. The number of halogens is 4. The van der Waals surface area contributed by atoms with E-state index in [-0.39, 0.29) is 27.9 Å². The first kappa shape index (κ1) is 22.4. The third-order valence-electron chi connectivity index (χ3n) is 4.30. The van der Waals surface area contributed by atoms with Gasteiger partial charge in [-0.15, -0.1) is 0 Å². The molecule has 0 spiro atoms. The molecule has 1 heterocycles. The third kappa shape index (κ3) is 5.09. The molecule has 2 aromatic carbocycles. The summed E-state index contributed by atoms with van der Waals surface area (Å²) in [7, 11) is -4.56. The number of amides is 1. The molecule has 1 aromatic heterocycles. The molecule has 7 nitrogen and oxygen atoms in total. The highest BCUT2D eigenvalue weighted by Gasteiger charge is 2.30. The SMILES string of the molecule is NC(=O)Cc1ccc(-n2cc(CC(F)(F)F)cn2)c(S(N)(=O)=O)c1-c1ccccc1F. The standard InChI is InChI=1S/C19H16F4N4O3S/c20-14-4-2-1-3-13(14)17-12(7-16(24)28)5-6-15(18(17)31(25,29)30)27-10-11(9-26-27)8-19(21,22)23/h1-6,9-10H,7-8H2,(H2,24,28)(H2,25,29,30). The maximum atomic E-state index is 14.6. The first-order valence-corrected chi connectivity index (χ1v) is 10.2. The van der Waals surface area contributed by atoms with Gasteiger partial charge < -0.3 is 5.73 Å². The van der Waals surface area contributed by atoms with E-state index in [9.17, 15) is 30.8 Å². The van der Waals surface area contributed by atoms with Gasteiger partial charge >= 0.3 is 6.18 Å². The Bertz CT molecular complexity index is 1250. The predicted molar refractivity (Wildman–Crippen MR) is 103 cm³/mol. The predicted octanol–water partition coefficient (Wildman–Crippen LogP) is 2.46. The Kier molecular flexibility index (Phi) is 5.87. The van der Waals surface area contributed by atoms with Gasteiger partial charge in [-0.3, -0.25) is 4.79 Å². The van der Waals surface area contributed by atoms with Gasteiger partial charge in [-0.05, 0) is 23.3 Å². The fraction of sp³-hybridized carbons (Fsp3) is 0.158. The van der Waals surface area contributed by atoms with Crippen molar-refractivity contribution in [2.45, 2.75) is 23.9 Å². The summed E-state index contributed by atoms with van der Waals surface area (Å²) in [6.45, 7) is 0. The number of carbonyl (C=O) groups excluding carboxylic acids is 1. The second-order valence-corrected chi connectivity index (χ2v) is 8.20. The summed E-state index contributed by atoms with van der Waals surface area (Å²) in [6, 6.07) is 7.73. The number of benzene rings is 2. The van der Waals surface area contributed by atoms with Crippen molar-refractivity contribution in [3.8, 4) is 16.8 Å². The van der Waals surface area contributed by atoms with E-state index in [0.29, 0.717) is 0 Å². The lowest BCUT2D eigenvalue weighted by Gasteiger charge is -2.18. The number of hydrogen-bond acceptors (Lipinski definition) is 4. The van der Waals surface area contributed by atoms with E-state index in [4.69, 9.17) is 10.9 Å². The number of alkyl halides is 3. The van der Waals surface area contributed by atoms with Crippen LogP contribution in [-0.2, 0) is 27.7 Å². The van der Waals surface area contributed by atoms with Crippen LogP contribution in [0.2, 0.25) is 0 Å². The van der Waals surface area contributed by atoms with Crippen LogP contribution in [0.4, 0.5) is 17.6 Å². The largest absolute Gasteiger partial charge is 0.393 e. The topological polar surface area (TPSA) is 121 Å². The van der Waals surface area contributed by atoms with E-state index >= 15 is 0 Å². The van der Waals surface area contributed by atoms with Gasteiger partial charge in [-0.2, -0.15) is 18.3 Å². The van der Waals surface area contributed by atoms with Crippen molar-refractivity contribution in [2.24, 2.45) is 10.9 Å². The molecule has 0 aliphatic heterocycles. The van der Waals surface area contributed by atoms with Gasteiger partial charge in [0.05, 0.1) is 24.7 Å². The molecule has 12 heteroatoms. The molecule has 31 heavy (non-hydrogen) atoms. The maximum absolute atomic E-state index is 14.6. The van der Waals surface area contributed by atoms with Gasteiger partial charge in [0, 0.05) is 17.3 Å². The number of primary sulfonamides is 1. The fourth-order valence-electron chi connectivity index (χ4n) is 3.19. The van der Waals surface area contributed by atoms with E-state index in [1.54, 1.807) is 0 Å². The molecule has 1 amide bonds. The fourth-order valence-corrected chi connectivity index (χ4v) is 4.17. The van der Waals surface area contributed by atoms with Crippen molar-refractivity contribution >= 4 is 15.9 Å². The summed E-state index contributed by atoms with van der Waals surface area (Å²) in [6.07, 6.45) is -4.28. The molecule has 3 rings (SSSR count). The van der Waals surface area contributed by atoms with Crippen molar-refractivity contribution in [2.75, 3.05) is 0 Å². The average Bonchev–Trinajstić information content (AvgIpc) is 3.07. The zero-order chi connectivity index (χ0) is 23.0. The van der Waals surface area contributed by atoms with Gasteiger partial charge in [-0.25, -0.2) is 22.6 Å². The molecular weight excluding hydrogens is 440 g/mol. The van der Waals surface area contributed by atoms with Crippen molar-refractivity contribution < 1.29 is 30.8 Å². The number of carbonyl (C=O) groups is 1. The number of sulfonamides is 1. The number of rotatable bonds is 6. The molecule has 0 atom stereocenters. The van der Waals surface area contributed by atoms with Crippen molar-refractivity contribution in [1.29, 1.82) is 0 Å². The van der Waals surface area contributed by atoms with Crippen molar-refractivity contribution in [1.82, 2.24) is 9.78 Å². The Morgan fingerprint density at radius 3 is 2.39 bits per heavy atom. The van der Waals surface area contributed by atoms with Crippen LogP contribution in [0, 0.1) is 5.82 Å². The van der Waals surface area contributed by atoms with Gasteiger partial charge in [0.15, 0.2) is 0 Å². The summed E-state index contributed by atoms with van der Waals surface area (Å²) < 4.78 is 78.6. The quantitative estimate of drug-likeness (QED) is 0.554. The molecule has 0 unspecified atom stereocenters. The van der Waals surface area contributed by atoms with Crippen LogP contribution in [0.25, 0.3) is 16.8 Å². The van der Waals surface area contributed by atoms with Crippen LogP contribution in [0.1, 0.15) is 11.1 Å². The third-order valence-corrected chi connectivity index (χ3v) is 5.29. The molecule has 0 bridgehead atoms. The maximum Gasteiger partial charge on any atom is 0.393 e. The zero-order valence-electron chi connectivity index (χ0n) is 15.7. The highest BCUT2D eigenvalue weighted by Crippen LogP contribution is 2.36. The van der Waals surface area contributed by atoms with E-state index in [1.165, 1.54) is 30.3 Å². The van der Waals surface area contributed by atoms with Crippen LogP contribution >= 0.6 is 0 Å². The van der Waals surface area contributed by atoms with Crippen LogP contribution in [-0.4, -0.2) is 30.3 Å². The monoisotopic (exact) mass is 456 g/mol. The second-order valence-electron chi connectivity index (χ2n) is 6.70. The molecule has 0 radical (unpaired) electrons. The first-order chi connectivity index (χ1) is 14.4. The molecule has 164 valence electrons. The number of primary amides is 1. The van der Waals surface area contributed by atoms with E-state index in [0.717, 1.165) is 23.1 Å². The lowest BCUT2D eigenvalue weighted by atomic mass is 9.96. The van der Waals surface area contributed by atoms with Gasteiger partial charge in [0.25, 0.3) is 0 Å². The van der Waals surface area contributed by atoms with E-state index in [2.05, 4.69) is 5.10 Å². The summed E-state index contributed by atoms with van der Waals surface area (Å²) >= 11 is 0. The summed E-state index contributed by atoms with van der Waals surface area (Å²) in [5.41, 5.74) is 4.50. The molecular formula is C19H16F4N4O3S. The highest BCUT2D eigenvalue weighted by molar-refractivity contribution is 7.89. The lowest BCUT2D eigenvalue weighted by Crippen LogP contribution is -2.20. The smallest absolute Gasteiger partial charge is 0.369 e. The number of hydrogen-bond donors (Lipinski definition) is 2. The van der Waals surface area contributed by atoms with E-state index in [1.807, 2.05) is 0 Å². The number of aromatic nitrogens is 2. The lowest BCUT2D eigenvalue weighted by molar-refractivity contribution is -0.127. The molecule has 0 aliphatic rings. The summed E-state index contributed by atoms with van der Waals surface area (Å²) in [4.78, 5) is 10.9. The molecule has 0 fully saturated rings. The van der Waals surface area contributed by atoms with Gasteiger partial charge in [-0.1, -0.05) is 24.3 Å². The van der Waals surface area contributed by atoms with Crippen molar-refractivity contribution in [3.63, 3.8) is 0 Å². The van der Waals surface area contributed by atoms with Gasteiger partial charge in [0.2, 0.25) is 15.9 Å². The highest BCUT2D eigenvalue weighted by atomic mass is 32.2. The van der Waals surface area contributed by atoms with Gasteiger partial charge in [0.1, 0.15) is 10.7 Å². The Morgan fingerprint density at radius 2 is 1.81 bits per heavy atom. The Labute approximate surface area is 174 Å². The Morgan fingerprint density at radius 1 is 1.13 bits per heavy atom. The number of nitrogens with two attached hydrogens (primary N) is 2. The molecule has 4 N–H and O–H groups in total. The molecule has 0 saturated carbocycles. The molecule has 0 aliphatic carbocycles. The molecule has 3 aromatic rings. The summed E-state index contributed by atoms with van der Waals surface area (Å²) in [5, 5.41) is 9.21. The minimum absolute atomic E-state index is 0.0769. The summed E-state index contributed by atoms with van der Waals surface area (Å²) in [5.74, 6) is -1.61. The average molecular weight is 456 g/mol. The second kappa shape index (κ2) is 8.12. The van der Waals surface area contributed by atoms with Crippen molar-refractivity contribution in [3.05, 3.63) is 65.7 Å². The minimum Gasteiger partial charge on any atom is -0.369 e. The van der Waals surface area contributed by atoms with Crippen LogP contribution in [0.3, 0.4) is 0 Å². The normalized spacial score (nSPS) is 12.2. The van der Waals surface area contributed by atoms with Crippen LogP contribution < -0.4 is 10.9 Å². The van der Waals surface area contributed by atoms with Crippen LogP contribution in [0.15, 0.2) is 53.7 Å². The number of nitrogens with zero attached hydrogens (tertiary/aromatic N) is 2. The Hall–Kier alpha value is -3.25. The minimum atomic E-state index is -4.56.